The van der Waals surface area contributed by atoms with Gasteiger partial charge in [-0.05, 0) is 24.1 Å². The molecule has 1 aromatic carbocycles. The summed E-state index contributed by atoms with van der Waals surface area (Å²) in [6.45, 7) is 0. The number of benzene rings is 1. The number of aldehydes is 1. The van der Waals surface area contributed by atoms with Crippen LogP contribution in [-0.4, -0.2) is 19.4 Å². The zero-order chi connectivity index (χ0) is 10.1. The summed E-state index contributed by atoms with van der Waals surface area (Å²) in [5, 5.41) is 0.808. The average Bonchev–Trinajstić information content (AvgIpc) is 2.48. The zero-order valence-electron chi connectivity index (χ0n) is 8.03. The van der Waals surface area contributed by atoms with Crippen LogP contribution in [-0.2, 0) is 11.2 Å². The van der Waals surface area contributed by atoms with Crippen molar-refractivity contribution in [1.29, 1.82) is 0 Å². The molecule has 1 unspecified atom stereocenters. The smallest absolute Gasteiger partial charge is 0.122 e. The van der Waals surface area contributed by atoms with Gasteiger partial charge in [0.05, 0.1) is 0 Å². The van der Waals surface area contributed by atoms with Gasteiger partial charge in [0.1, 0.15) is 6.29 Å². The van der Waals surface area contributed by atoms with Gasteiger partial charge in [-0.3, -0.25) is 0 Å². The van der Waals surface area contributed by atoms with Crippen molar-refractivity contribution < 1.29 is 4.79 Å². The second-order valence-electron chi connectivity index (χ2n) is 3.61. The number of halogens is 1. The van der Waals surface area contributed by atoms with Crippen LogP contribution in [0.4, 0.5) is 5.69 Å². The van der Waals surface area contributed by atoms with Crippen LogP contribution in [0.3, 0.4) is 0 Å². The predicted molar refractivity (Wildman–Crippen MR) is 58.0 cm³/mol. The van der Waals surface area contributed by atoms with Gasteiger partial charge in [0.15, 0.2) is 0 Å². The van der Waals surface area contributed by atoms with Crippen molar-refractivity contribution in [3.8, 4) is 0 Å². The van der Waals surface area contributed by atoms with Gasteiger partial charge in [0.25, 0.3) is 0 Å². The minimum atomic E-state index is 0.280. The molecule has 0 saturated carbocycles. The van der Waals surface area contributed by atoms with Gasteiger partial charge in [-0.2, -0.15) is 0 Å². The fourth-order valence-electron chi connectivity index (χ4n) is 2.00. The van der Waals surface area contributed by atoms with Gasteiger partial charge in [-0.15, -0.1) is 0 Å². The van der Waals surface area contributed by atoms with Crippen molar-refractivity contribution in [3.63, 3.8) is 0 Å². The molecule has 14 heavy (non-hydrogen) atoms. The molecule has 0 saturated heterocycles. The van der Waals surface area contributed by atoms with Crippen LogP contribution >= 0.6 is 11.6 Å². The molecule has 0 aliphatic carbocycles. The Labute approximate surface area is 88.5 Å². The molecule has 0 spiro atoms. The third-order valence-electron chi connectivity index (χ3n) is 2.83. The van der Waals surface area contributed by atoms with E-state index in [-0.39, 0.29) is 6.04 Å². The first-order chi connectivity index (χ1) is 6.74. The summed E-state index contributed by atoms with van der Waals surface area (Å²) in [6.07, 6.45) is 2.42. The van der Waals surface area contributed by atoms with E-state index in [4.69, 9.17) is 11.6 Å². The lowest BCUT2D eigenvalue weighted by Crippen LogP contribution is -2.27. The van der Waals surface area contributed by atoms with Gasteiger partial charge in [0, 0.05) is 30.2 Å². The van der Waals surface area contributed by atoms with E-state index in [9.17, 15) is 4.79 Å². The highest BCUT2D eigenvalue weighted by atomic mass is 35.5. The first-order valence-electron chi connectivity index (χ1n) is 4.68. The maximum Gasteiger partial charge on any atom is 0.122 e. The van der Waals surface area contributed by atoms with E-state index in [1.807, 2.05) is 25.2 Å². The molecule has 1 heterocycles. The van der Waals surface area contributed by atoms with Crippen molar-refractivity contribution in [2.45, 2.75) is 18.9 Å². The number of hydrogen-bond donors (Lipinski definition) is 0. The lowest BCUT2D eigenvalue weighted by molar-refractivity contribution is -0.108. The fourth-order valence-corrected chi connectivity index (χ4v) is 2.25. The van der Waals surface area contributed by atoms with Crippen molar-refractivity contribution in [2.24, 2.45) is 0 Å². The van der Waals surface area contributed by atoms with E-state index in [0.717, 1.165) is 23.4 Å². The Balaban J connectivity index is 2.35. The molecule has 0 radical (unpaired) electrons. The number of rotatable bonds is 2. The lowest BCUT2D eigenvalue weighted by Gasteiger charge is -2.20. The largest absolute Gasteiger partial charge is 0.371 e. The molecule has 1 aromatic rings. The van der Waals surface area contributed by atoms with Crippen molar-refractivity contribution in [3.05, 3.63) is 28.8 Å². The maximum atomic E-state index is 10.5. The number of carbonyl (C=O) groups is 1. The van der Waals surface area contributed by atoms with E-state index in [1.54, 1.807) is 0 Å². The second-order valence-corrected chi connectivity index (χ2v) is 4.02. The minimum absolute atomic E-state index is 0.280. The summed E-state index contributed by atoms with van der Waals surface area (Å²) in [5.41, 5.74) is 2.33. The predicted octanol–water partition coefficient (Wildman–Crippen LogP) is 2.29. The Hall–Kier alpha value is -1.02. The fraction of sp³-hybridized carbons (Fsp3) is 0.364. The summed E-state index contributed by atoms with van der Waals surface area (Å²) >= 11 is 6.09. The molecule has 74 valence electrons. The molecule has 0 aromatic heterocycles. The summed E-state index contributed by atoms with van der Waals surface area (Å²) in [6, 6.07) is 6.17. The monoisotopic (exact) mass is 209 g/mol. The molecule has 0 fully saturated rings. The molecule has 1 aliphatic rings. The number of likely N-dealkylation sites (N-methyl/N-ethyl adjacent to an activating group) is 1. The van der Waals surface area contributed by atoms with Crippen LogP contribution in [0.1, 0.15) is 12.0 Å². The normalized spacial score (nSPS) is 19.6. The molecule has 0 bridgehead atoms. The van der Waals surface area contributed by atoms with E-state index >= 15 is 0 Å². The number of anilines is 1. The highest BCUT2D eigenvalue weighted by Gasteiger charge is 2.27. The quantitative estimate of drug-likeness (QED) is 0.697. The summed E-state index contributed by atoms with van der Waals surface area (Å²) in [5.74, 6) is 0. The zero-order valence-corrected chi connectivity index (χ0v) is 8.79. The second kappa shape index (κ2) is 3.62. The third-order valence-corrected chi connectivity index (χ3v) is 3.18. The number of carbonyl (C=O) groups excluding carboxylic acids is 1. The Morgan fingerprint density at radius 2 is 2.43 bits per heavy atom. The topological polar surface area (TPSA) is 20.3 Å². The molecule has 2 rings (SSSR count). The van der Waals surface area contributed by atoms with Gasteiger partial charge in [-0.25, -0.2) is 0 Å². The van der Waals surface area contributed by atoms with E-state index in [2.05, 4.69) is 4.90 Å². The highest BCUT2D eigenvalue weighted by Crippen LogP contribution is 2.36. The van der Waals surface area contributed by atoms with Crippen molar-refractivity contribution >= 4 is 23.6 Å². The standard InChI is InChI=1S/C11H12ClNO/c1-13-8(5-6-14)7-9-10(12)3-2-4-11(9)13/h2-4,6,8H,5,7H2,1H3. The Bertz CT molecular complexity index is 364. The van der Waals surface area contributed by atoms with Crippen molar-refractivity contribution in [1.82, 2.24) is 0 Å². The molecule has 0 amide bonds. The lowest BCUT2D eigenvalue weighted by atomic mass is 10.1. The van der Waals surface area contributed by atoms with E-state index in [0.29, 0.717) is 6.42 Å². The molecular formula is C11H12ClNO. The number of nitrogens with zero attached hydrogens (tertiary/aromatic N) is 1. The van der Waals surface area contributed by atoms with E-state index in [1.165, 1.54) is 5.56 Å². The number of hydrogen-bond acceptors (Lipinski definition) is 2. The number of fused-ring (bicyclic) bond motifs is 1. The highest BCUT2D eigenvalue weighted by molar-refractivity contribution is 6.31. The minimum Gasteiger partial charge on any atom is -0.371 e. The Kier molecular flexibility index (Phi) is 2.46. The molecule has 1 atom stereocenters. The molecular weight excluding hydrogens is 198 g/mol. The summed E-state index contributed by atoms with van der Waals surface area (Å²) in [7, 11) is 2.01. The third kappa shape index (κ3) is 1.40. The first kappa shape index (κ1) is 9.53. The van der Waals surface area contributed by atoms with Crippen LogP contribution in [0.2, 0.25) is 5.02 Å². The van der Waals surface area contributed by atoms with Gasteiger partial charge < -0.3 is 9.69 Å². The molecule has 0 N–H and O–H groups in total. The van der Waals surface area contributed by atoms with Crippen molar-refractivity contribution in [2.75, 3.05) is 11.9 Å². The van der Waals surface area contributed by atoms with Gasteiger partial charge in [0.2, 0.25) is 0 Å². The van der Waals surface area contributed by atoms with Crippen LogP contribution in [0.5, 0.6) is 0 Å². The van der Waals surface area contributed by atoms with Crippen LogP contribution in [0.25, 0.3) is 0 Å². The first-order valence-corrected chi connectivity index (χ1v) is 5.05. The van der Waals surface area contributed by atoms with Crippen LogP contribution < -0.4 is 4.90 Å². The van der Waals surface area contributed by atoms with Crippen LogP contribution in [0, 0.1) is 0 Å². The Morgan fingerprint density at radius 3 is 3.07 bits per heavy atom. The van der Waals surface area contributed by atoms with Gasteiger partial charge >= 0.3 is 0 Å². The summed E-state index contributed by atoms with van der Waals surface area (Å²) < 4.78 is 0. The summed E-state index contributed by atoms with van der Waals surface area (Å²) in [4.78, 5) is 12.6. The molecule has 1 aliphatic heterocycles. The molecule has 2 nitrogen and oxygen atoms in total. The SMILES string of the molecule is CN1c2cccc(Cl)c2CC1CC=O. The maximum absolute atomic E-state index is 10.5. The van der Waals surface area contributed by atoms with Crippen LogP contribution in [0.15, 0.2) is 18.2 Å². The molecule has 3 heteroatoms. The van der Waals surface area contributed by atoms with Gasteiger partial charge in [-0.1, -0.05) is 17.7 Å². The Morgan fingerprint density at radius 1 is 1.64 bits per heavy atom. The van der Waals surface area contributed by atoms with E-state index < -0.39 is 0 Å². The average molecular weight is 210 g/mol.